The average Bonchev–Trinajstić information content (AvgIpc) is 3.02. The van der Waals surface area contributed by atoms with E-state index in [0.29, 0.717) is 26.9 Å². The first kappa shape index (κ1) is 15.0. The number of hydrogen-bond donors (Lipinski definition) is 1. The summed E-state index contributed by atoms with van der Waals surface area (Å²) in [5, 5.41) is 16.0. The highest BCUT2D eigenvalue weighted by atomic mass is 35.5. The molecule has 0 aliphatic heterocycles. The van der Waals surface area contributed by atoms with Crippen LogP contribution < -0.4 is 0 Å². The zero-order valence-corrected chi connectivity index (χ0v) is 13.8. The van der Waals surface area contributed by atoms with Crippen molar-refractivity contribution in [1.29, 1.82) is 0 Å². The second kappa shape index (κ2) is 5.82. The van der Waals surface area contributed by atoms with Gasteiger partial charge in [-0.05, 0) is 36.4 Å². The zero-order chi connectivity index (χ0) is 16.7. The highest BCUT2D eigenvalue weighted by Gasteiger charge is 2.13. The van der Waals surface area contributed by atoms with E-state index in [1.807, 2.05) is 30.3 Å². The van der Waals surface area contributed by atoms with Crippen LogP contribution in [0.4, 0.5) is 0 Å². The van der Waals surface area contributed by atoms with Gasteiger partial charge in [0.25, 0.3) is 0 Å². The van der Waals surface area contributed by atoms with Crippen molar-refractivity contribution in [1.82, 2.24) is 14.6 Å². The molecule has 24 heavy (non-hydrogen) atoms. The second-order valence-electron chi connectivity index (χ2n) is 5.30. The summed E-state index contributed by atoms with van der Waals surface area (Å²) in [7, 11) is 0. The Balaban J connectivity index is 1.92. The van der Waals surface area contributed by atoms with Crippen LogP contribution in [-0.4, -0.2) is 19.7 Å². The van der Waals surface area contributed by atoms with Crippen LogP contribution in [0.1, 0.15) is 0 Å². The molecule has 0 radical (unpaired) electrons. The van der Waals surface area contributed by atoms with Crippen LogP contribution in [-0.2, 0) is 0 Å². The maximum absolute atomic E-state index is 10.2. The number of rotatable bonds is 2. The minimum atomic E-state index is 0.135. The topological polar surface area (TPSA) is 50.4 Å². The number of aromatic nitrogens is 3. The first-order chi connectivity index (χ1) is 11.6. The molecule has 0 aliphatic rings. The maximum atomic E-state index is 10.2. The van der Waals surface area contributed by atoms with E-state index in [1.54, 1.807) is 35.0 Å². The number of benzene rings is 2. The fraction of sp³-hybridized carbons (Fsp3) is 0. The monoisotopic (exact) mass is 355 g/mol. The lowest BCUT2D eigenvalue weighted by Crippen LogP contribution is -1.96. The van der Waals surface area contributed by atoms with E-state index in [2.05, 4.69) is 10.1 Å². The number of fused-ring (bicyclic) bond motifs is 1. The molecule has 0 saturated carbocycles. The Labute approximate surface area is 147 Å². The molecule has 4 rings (SSSR count). The van der Waals surface area contributed by atoms with Gasteiger partial charge >= 0.3 is 0 Å². The Kier molecular flexibility index (Phi) is 3.63. The molecule has 0 saturated heterocycles. The third kappa shape index (κ3) is 2.60. The lowest BCUT2D eigenvalue weighted by Gasteiger charge is -2.07. The first-order valence-corrected chi connectivity index (χ1v) is 7.97. The predicted octanol–water partition coefficient (Wildman–Crippen LogP) is 5.08. The average molecular weight is 356 g/mol. The van der Waals surface area contributed by atoms with Crippen molar-refractivity contribution in [3.05, 3.63) is 70.8 Å². The van der Waals surface area contributed by atoms with Gasteiger partial charge in [-0.1, -0.05) is 35.3 Å². The molecular formula is C18H11Cl2N3O. The molecule has 0 bridgehead atoms. The molecular weight excluding hydrogens is 345 g/mol. The van der Waals surface area contributed by atoms with Crippen LogP contribution >= 0.6 is 23.2 Å². The van der Waals surface area contributed by atoms with Gasteiger partial charge in [0.2, 0.25) is 0 Å². The molecule has 0 spiro atoms. The van der Waals surface area contributed by atoms with Gasteiger partial charge in [0.05, 0.1) is 11.4 Å². The van der Waals surface area contributed by atoms with E-state index in [0.717, 1.165) is 11.3 Å². The minimum Gasteiger partial charge on any atom is -0.507 e. The van der Waals surface area contributed by atoms with Crippen LogP contribution in [0.25, 0.3) is 28.2 Å². The summed E-state index contributed by atoms with van der Waals surface area (Å²) in [6.45, 7) is 0. The quantitative estimate of drug-likeness (QED) is 0.545. The lowest BCUT2D eigenvalue weighted by molar-refractivity contribution is 0.477. The zero-order valence-electron chi connectivity index (χ0n) is 12.3. The number of halogens is 2. The highest BCUT2D eigenvalue weighted by molar-refractivity contribution is 6.31. The Morgan fingerprint density at radius 1 is 0.875 bits per heavy atom. The maximum Gasteiger partial charge on any atom is 0.156 e. The Hall–Kier alpha value is -2.56. The minimum absolute atomic E-state index is 0.135. The fourth-order valence-electron chi connectivity index (χ4n) is 2.57. The van der Waals surface area contributed by atoms with E-state index in [9.17, 15) is 5.11 Å². The molecule has 0 fully saturated rings. The van der Waals surface area contributed by atoms with E-state index in [-0.39, 0.29) is 5.75 Å². The number of hydrogen-bond acceptors (Lipinski definition) is 3. The second-order valence-corrected chi connectivity index (χ2v) is 6.17. The molecule has 0 aliphatic carbocycles. The number of aromatic hydroxyl groups is 1. The van der Waals surface area contributed by atoms with Crippen molar-refractivity contribution in [3.8, 4) is 28.3 Å². The molecule has 4 aromatic rings. The van der Waals surface area contributed by atoms with Crippen LogP contribution in [0.5, 0.6) is 5.75 Å². The van der Waals surface area contributed by atoms with Gasteiger partial charge in [-0.3, -0.25) is 0 Å². The van der Waals surface area contributed by atoms with Crippen molar-refractivity contribution in [2.45, 2.75) is 0 Å². The SMILES string of the molecule is Oc1ccc(Cl)cc1-c1ccnc2cc(-c3ccc(Cl)cc3)nn12. The van der Waals surface area contributed by atoms with E-state index >= 15 is 0 Å². The molecule has 2 aromatic heterocycles. The van der Waals surface area contributed by atoms with Crippen molar-refractivity contribution < 1.29 is 5.11 Å². The van der Waals surface area contributed by atoms with Crippen LogP contribution in [0.3, 0.4) is 0 Å². The molecule has 1 N–H and O–H groups in total. The smallest absolute Gasteiger partial charge is 0.156 e. The Morgan fingerprint density at radius 3 is 2.42 bits per heavy atom. The van der Waals surface area contributed by atoms with Crippen LogP contribution in [0.15, 0.2) is 60.8 Å². The standard InChI is InChI=1S/C18H11Cl2N3O/c19-12-3-1-11(2-4-12)15-10-18-21-8-7-16(23(18)22-15)14-9-13(20)5-6-17(14)24/h1-10,24H. The van der Waals surface area contributed by atoms with E-state index in [1.165, 1.54) is 0 Å². The number of phenols is 1. The normalized spacial score (nSPS) is 11.1. The molecule has 118 valence electrons. The molecule has 2 heterocycles. The van der Waals surface area contributed by atoms with E-state index < -0.39 is 0 Å². The molecule has 0 unspecified atom stereocenters. The summed E-state index contributed by atoms with van der Waals surface area (Å²) in [4.78, 5) is 4.34. The van der Waals surface area contributed by atoms with Crippen molar-refractivity contribution >= 4 is 28.8 Å². The largest absolute Gasteiger partial charge is 0.507 e. The Bertz CT molecular complexity index is 1040. The lowest BCUT2D eigenvalue weighted by atomic mass is 10.1. The molecule has 6 heteroatoms. The third-order valence-corrected chi connectivity index (χ3v) is 4.22. The highest BCUT2D eigenvalue weighted by Crippen LogP contribution is 2.32. The molecule has 2 aromatic carbocycles. The molecule has 4 nitrogen and oxygen atoms in total. The van der Waals surface area contributed by atoms with Crippen molar-refractivity contribution in [3.63, 3.8) is 0 Å². The summed E-state index contributed by atoms with van der Waals surface area (Å²) >= 11 is 12.0. The summed E-state index contributed by atoms with van der Waals surface area (Å²) in [6.07, 6.45) is 1.68. The Morgan fingerprint density at radius 2 is 1.62 bits per heavy atom. The fourth-order valence-corrected chi connectivity index (χ4v) is 2.87. The van der Waals surface area contributed by atoms with E-state index in [4.69, 9.17) is 23.2 Å². The van der Waals surface area contributed by atoms with Gasteiger partial charge in [0.1, 0.15) is 5.75 Å². The van der Waals surface area contributed by atoms with Gasteiger partial charge < -0.3 is 5.11 Å². The molecule has 0 amide bonds. The number of phenolic OH excluding ortho intramolecular Hbond substituents is 1. The van der Waals surface area contributed by atoms with Gasteiger partial charge in [0.15, 0.2) is 5.65 Å². The van der Waals surface area contributed by atoms with Crippen molar-refractivity contribution in [2.24, 2.45) is 0 Å². The third-order valence-electron chi connectivity index (χ3n) is 3.73. The van der Waals surface area contributed by atoms with Gasteiger partial charge in [0, 0.05) is 33.4 Å². The number of nitrogens with zero attached hydrogens (tertiary/aromatic N) is 3. The summed E-state index contributed by atoms with van der Waals surface area (Å²) in [5.74, 6) is 0.135. The van der Waals surface area contributed by atoms with Gasteiger partial charge in [-0.25, -0.2) is 9.50 Å². The summed E-state index contributed by atoms with van der Waals surface area (Å²) in [5.41, 5.74) is 3.69. The van der Waals surface area contributed by atoms with Gasteiger partial charge in [-0.2, -0.15) is 5.10 Å². The van der Waals surface area contributed by atoms with Crippen LogP contribution in [0.2, 0.25) is 10.0 Å². The first-order valence-electron chi connectivity index (χ1n) is 7.21. The molecule has 0 atom stereocenters. The van der Waals surface area contributed by atoms with Crippen LogP contribution in [0, 0.1) is 0 Å². The predicted molar refractivity (Wildman–Crippen MR) is 95.5 cm³/mol. The van der Waals surface area contributed by atoms with Gasteiger partial charge in [-0.15, -0.1) is 0 Å². The summed E-state index contributed by atoms with van der Waals surface area (Å²) in [6, 6.07) is 16.0. The van der Waals surface area contributed by atoms with Crippen molar-refractivity contribution in [2.75, 3.05) is 0 Å². The summed E-state index contributed by atoms with van der Waals surface area (Å²) < 4.78 is 1.69.